The Hall–Kier alpha value is -2.42. The lowest BCUT2D eigenvalue weighted by atomic mass is 10.2. The molecule has 0 aliphatic carbocycles. The van der Waals surface area contributed by atoms with Crippen LogP contribution in [0.2, 0.25) is 0 Å². The van der Waals surface area contributed by atoms with Crippen molar-refractivity contribution < 1.29 is 22.0 Å². The Morgan fingerprint density at radius 2 is 1.50 bits per heavy atom. The standard InChI is InChI=1S/C11H7F5N4/c12-4-1-5(13)9(16)8(2-4)18-10-6(14)3-7(15)11(19-10)20-17/h1-3H,17H2,(H2,18,19,20). The lowest BCUT2D eigenvalue weighted by Gasteiger charge is -2.10. The number of hydrazine groups is 1. The Labute approximate surface area is 109 Å². The average Bonchev–Trinajstić information content (AvgIpc) is 2.38. The lowest BCUT2D eigenvalue weighted by molar-refractivity contribution is 0.498. The van der Waals surface area contributed by atoms with Crippen molar-refractivity contribution in [2.75, 3.05) is 10.7 Å². The molecule has 1 heterocycles. The van der Waals surface area contributed by atoms with Crippen LogP contribution in [0.15, 0.2) is 18.2 Å². The fourth-order valence-corrected chi connectivity index (χ4v) is 1.43. The van der Waals surface area contributed by atoms with Crippen LogP contribution in [0.5, 0.6) is 0 Å². The summed E-state index contributed by atoms with van der Waals surface area (Å²) >= 11 is 0. The van der Waals surface area contributed by atoms with Gasteiger partial charge in [0.2, 0.25) is 0 Å². The van der Waals surface area contributed by atoms with Crippen molar-refractivity contribution in [3.8, 4) is 0 Å². The van der Waals surface area contributed by atoms with Gasteiger partial charge in [0.25, 0.3) is 0 Å². The number of nitrogens with one attached hydrogen (secondary N) is 2. The molecule has 0 aliphatic heterocycles. The van der Waals surface area contributed by atoms with Gasteiger partial charge in [0, 0.05) is 18.2 Å². The van der Waals surface area contributed by atoms with Gasteiger partial charge in [-0.15, -0.1) is 0 Å². The van der Waals surface area contributed by atoms with Crippen LogP contribution in [-0.4, -0.2) is 4.98 Å². The van der Waals surface area contributed by atoms with Crippen molar-refractivity contribution in [2.24, 2.45) is 5.84 Å². The SMILES string of the molecule is NNc1nc(Nc2cc(F)cc(F)c2F)c(F)cc1F. The van der Waals surface area contributed by atoms with E-state index in [1.807, 2.05) is 10.7 Å². The maximum absolute atomic E-state index is 13.4. The summed E-state index contributed by atoms with van der Waals surface area (Å²) < 4.78 is 65.9. The van der Waals surface area contributed by atoms with Crippen LogP contribution in [0.4, 0.5) is 39.3 Å². The smallest absolute Gasteiger partial charge is 0.182 e. The lowest BCUT2D eigenvalue weighted by Crippen LogP contribution is -2.12. The van der Waals surface area contributed by atoms with Crippen molar-refractivity contribution in [2.45, 2.75) is 0 Å². The molecular weight excluding hydrogens is 283 g/mol. The highest BCUT2D eigenvalue weighted by Crippen LogP contribution is 2.25. The van der Waals surface area contributed by atoms with Crippen LogP contribution in [0.3, 0.4) is 0 Å². The first-order valence-corrected chi connectivity index (χ1v) is 5.16. The largest absolute Gasteiger partial charge is 0.335 e. The molecule has 0 radical (unpaired) electrons. The van der Waals surface area contributed by atoms with Crippen molar-refractivity contribution in [1.29, 1.82) is 0 Å². The highest BCUT2D eigenvalue weighted by molar-refractivity contribution is 5.59. The minimum Gasteiger partial charge on any atom is -0.335 e. The van der Waals surface area contributed by atoms with Gasteiger partial charge >= 0.3 is 0 Å². The van der Waals surface area contributed by atoms with Gasteiger partial charge in [0.05, 0.1) is 5.69 Å². The van der Waals surface area contributed by atoms with Gasteiger partial charge in [-0.05, 0) is 0 Å². The van der Waals surface area contributed by atoms with Gasteiger partial charge in [0.15, 0.2) is 34.9 Å². The first-order valence-electron chi connectivity index (χ1n) is 5.16. The molecule has 1 aromatic carbocycles. The molecule has 4 N–H and O–H groups in total. The molecule has 0 saturated carbocycles. The molecule has 0 saturated heterocycles. The molecule has 0 aliphatic rings. The van der Waals surface area contributed by atoms with Gasteiger partial charge in [-0.2, -0.15) is 0 Å². The number of hydrogen-bond acceptors (Lipinski definition) is 4. The van der Waals surface area contributed by atoms with Crippen LogP contribution in [-0.2, 0) is 0 Å². The zero-order valence-electron chi connectivity index (χ0n) is 9.65. The monoisotopic (exact) mass is 290 g/mol. The molecule has 20 heavy (non-hydrogen) atoms. The van der Waals surface area contributed by atoms with Crippen LogP contribution in [0.25, 0.3) is 0 Å². The minimum atomic E-state index is -1.47. The normalized spacial score (nSPS) is 10.5. The van der Waals surface area contributed by atoms with E-state index in [1.165, 1.54) is 0 Å². The van der Waals surface area contributed by atoms with Crippen LogP contribution in [0.1, 0.15) is 0 Å². The number of pyridine rings is 1. The van der Waals surface area contributed by atoms with Crippen LogP contribution in [0, 0.1) is 29.1 Å². The number of nitrogen functional groups attached to an aromatic ring is 1. The van der Waals surface area contributed by atoms with E-state index in [2.05, 4.69) is 4.98 Å². The molecule has 106 valence electrons. The zero-order chi connectivity index (χ0) is 14.9. The number of aromatic nitrogens is 1. The molecule has 0 atom stereocenters. The molecule has 0 spiro atoms. The molecular formula is C11H7F5N4. The summed E-state index contributed by atoms with van der Waals surface area (Å²) in [5, 5.41) is 2.02. The summed E-state index contributed by atoms with van der Waals surface area (Å²) in [6, 6.07) is 1.35. The van der Waals surface area contributed by atoms with Crippen LogP contribution >= 0.6 is 0 Å². The molecule has 9 heteroatoms. The fourth-order valence-electron chi connectivity index (χ4n) is 1.43. The third-order valence-electron chi connectivity index (χ3n) is 2.31. The summed E-state index contributed by atoms with van der Waals surface area (Å²) in [7, 11) is 0. The highest BCUT2D eigenvalue weighted by atomic mass is 19.2. The van der Waals surface area contributed by atoms with E-state index in [4.69, 9.17) is 5.84 Å². The second-order valence-electron chi connectivity index (χ2n) is 3.67. The zero-order valence-corrected chi connectivity index (χ0v) is 9.65. The summed E-state index contributed by atoms with van der Waals surface area (Å²) in [4.78, 5) is 3.38. The predicted molar refractivity (Wildman–Crippen MR) is 61.6 cm³/mol. The van der Waals surface area contributed by atoms with Gasteiger partial charge in [-0.1, -0.05) is 0 Å². The Morgan fingerprint density at radius 3 is 2.15 bits per heavy atom. The van der Waals surface area contributed by atoms with E-state index in [-0.39, 0.29) is 0 Å². The number of nitrogens with zero attached hydrogens (tertiary/aromatic N) is 1. The molecule has 0 fully saturated rings. The second-order valence-corrected chi connectivity index (χ2v) is 3.67. The van der Waals surface area contributed by atoms with E-state index in [0.717, 1.165) is 0 Å². The Morgan fingerprint density at radius 1 is 0.850 bits per heavy atom. The summed E-state index contributed by atoms with van der Waals surface area (Å²) in [6.07, 6.45) is 0. The van der Waals surface area contributed by atoms with Gasteiger partial charge < -0.3 is 10.7 Å². The molecule has 1 aromatic heterocycles. The number of benzene rings is 1. The highest BCUT2D eigenvalue weighted by Gasteiger charge is 2.16. The van der Waals surface area contributed by atoms with Crippen molar-refractivity contribution in [1.82, 2.24) is 4.98 Å². The first kappa shape index (κ1) is 14.0. The van der Waals surface area contributed by atoms with Gasteiger partial charge in [-0.3, -0.25) is 0 Å². The van der Waals surface area contributed by atoms with Gasteiger partial charge in [-0.25, -0.2) is 32.8 Å². The molecule has 0 bridgehead atoms. The fraction of sp³-hybridized carbons (Fsp3) is 0. The Kier molecular flexibility index (Phi) is 3.70. The number of nitrogens with two attached hydrogens (primary N) is 1. The van der Waals surface area contributed by atoms with Crippen molar-refractivity contribution in [3.63, 3.8) is 0 Å². The number of halogens is 5. The van der Waals surface area contributed by atoms with Crippen LogP contribution < -0.4 is 16.6 Å². The third kappa shape index (κ3) is 2.62. The molecule has 2 rings (SSSR count). The second kappa shape index (κ2) is 5.29. The van der Waals surface area contributed by atoms with E-state index in [1.54, 1.807) is 0 Å². The summed E-state index contributed by atoms with van der Waals surface area (Å²) in [5.41, 5.74) is 1.16. The maximum Gasteiger partial charge on any atom is 0.182 e. The minimum absolute atomic E-state index is 0.321. The molecule has 4 nitrogen and oxygen atoms in total. The van der Waals surface area contributed by atoms with E-state index in [0.29, 0.717) is 18.2 Å². The van der Waals surface area contributed by atoms with Gasteiger partial charge in [0.1, 0.15) is 5.82 Å². The molecule has 0 unspecified atom stereocenters. The average molecular weight is 290 g/mol. The number of anilines is 3. The topological polar surface area (TPSA) is 63.0 Å². The van der Waals surface area contributed by atoms with E-state index < -0.39 is 46.4 Å². The van der Waals surface area contributed by atoms with E-state index in [9.17, 15) is 22.0 Å². The first-order chi connectivity index (χ1) is 9.42. The Balaban J connectivity index is 2.45. The molecule has 0 amide bonds. The van der Waals surface area contributed by atoms with Crippen molar-refractivity contribution in [3.05, 3.63) is 47.3 Å². The maximum atomic E-state index is 13.4. The predicted octanol–water partition coefficient (Wildman–Crippen LogP) is 2.81. The third-order valence-corrected chi connectivity index (χ3v) is 2.31. The molecule has 2 aromatic rings. The quantitative estimate of drug-likeness (QED) is 0.352. The van der Waals surface area contributed by atoms with E-state index >= 15 is 0 Å². The summed E-state index contributed by atoms with van der Waals surface area (Å²) in [6.45, 7) is 0. The van der Waals surface area contributed by atoms with Crippen molar-refractivity contribution >= 4 is 17.3 Å². The number of hydrogen-bond donors (Lipinski definition) is 3. The number of rotatable bonds is 3. The summed E-state index contributed by atoms with van der Waals surface area (Å²) in [5.74, 6) is -2.47. The Bertz CT molecular complexity index is 662.